The maximum atomic E-state index is 5.28. The van der Waals surface area contributed by atoms with Crippen molar-refractivity contribution in [2.45, 2.75) is 6.54 Å². The topological polar surface area (TPSA) is 63.4 Å². The predicted octanol–water partition coefficient (Wildman–Crippen LogP) is 0.261. The largest absolute Gasteiger partial charge is 0.379 e. The van der Waals surface area contributed by atoms with Crippen LogP contribution in [-0.4, -0.2) is 36.2 Å². The monoisotopic (exact) mass is 214 g/mol. The van der Waals surface area contributed by atoms with Gasteiger partial charge in [-0.3, -0.25) is 10.3 Å². The third-order valence-corrected chi connectivity index (χ3v) is 3.07. The van der Waals surface area contributed by atoms with Crippen molar-refractivity contribution in [1.29, 1.82) is 0 Å². The van der Waals surface area contributed by atoms with Crippen LogP contribution in [0.3, 0.4) is 0 Å². The van der Waals surface area contributed by atoms with E-state index in [1.165, 1.54) is 4.88 Å². The van der Waals surface area contributed by atoms with Gasteiger partial charge >= 0.3 is 0 Å². The summed E-state index contributed by atoms with van der Waals surface area (Å²) in [5, 5.41) is 0.772. The molecule has 1 aliphatic heterocycles. The van der Waals surface area contributed by atoms with Crippen LogP contribution in [0.15, 0.2) is 6.20 Å². The zero-order chi connectivity index (χ0) is 9.80. The van der Waals surface area contributed by atoms with E-state index in [1.54, 1.807) is 11.3 Å². The van der Waals surface area contributed by atoms with Crippen molar-refractivity contribution >= 4 is 16.5 Å². The molecule has 1 aliphatic rings. The third-order valence-electron chi connectivity index (χ3n) is 2.16. The fourth-order valence-electron chi connectivity index (χ4n) is 1.43. The maximum Gasteiger partial charge on any atom is 0.197 e. The summed E-state index contributed by atoms with van der Waals surface area (Å²) in [5.74, 6) is 5.26. The van der Waals surface area contributed by atoms with Crippen LogP contribution in [0.25, 0.3) is 0 Å². The second-order valence-electron chi connectivity index (χ2n) is 3.16. The molecule has 0 saturated carbocycles. The van der Waals surface area contributed by atoms with Gasteiger partial charge in [0.2, 0.25) is 0 Å². The SMILES string of the molecule is NNc1ncc(CN2CCOCC2)s1. The van der Waals surface area contributed by atoms with Crippen LogP contribution < -0.4 is 11.3 Å². The number of nitrogens with two attached hydrogens (primary N) is 1. The van der Waals surface area contributed by atoms with Crippen molar-refractivity contribution in [3.05, 3.63) is 11.1 Å². The van der Waals surface area contributed by atoms with E-state index >= 15 is 0 Å². The number of nitrogens with zero attached hydrogens (tertiary/aromatic N) is 2. The van der Waals surface area contributed by atoms with Crippen molar-refractivity contribution in [2.75, 3.05) is 31.7 Å². The fourth-order valence-corrected chi connectivity index (χ4v) is 2.19. The number of rotatable bonds is 3. The zero-order valence-electron chi connectivity index (χ0n) is 7.90. The number of anilines is 1. The second-order valence-corrected chi connectivity index (χ2v) is 4.28. The van der Waals surface area contributed by atoms with Gasteiger partial charge in [0.05, 0.1) is 13.2 Å². The Kier molecular flexibility index (Phi) is 3.30. The lowest BCUT2D eigenvalue weighted by atomic mass is 10.4. The first kappa shape index (κ1) is 9.85. The lowest BCUT2D eigenvalue weighted by Gasteiger charge is -2.25. The second kappa shape index (κ2) is 4.70. The Morgan fingerprint density at radius 3 is 3.00 bits per heavy atom. The molecule has 1 fully saturated rings. The molecule has 6 heteroatoms. The number of hydrazine groups is 1. The number of hydrogen-bond donors (Lipinski definition) is 2. The van der Waals surface area contributed by atoms with E-state index < -0.39 is 0 Å². The van der Waals surface area contributed by atoms with E-state index in [9.17, 15) is 0 Å². The highest BCUT2D eigenvalue weighted by Gasteiger charge is 2.11. The first-order valence-electron chi connectivity index (χ1n) is 4.60. The molecule has 0 aromatic carbocycles. The lowest BCUT2D eigenvalue weighted by molar-refractivity contribution is 0.0346. The lowest BCUT2D eigenvalue weighted by Crippen LogP contribution is -2.35. The van der Waals surface area contributed by atoms with Gasteiger partial charge in [-0.15, -0.1) is 0 Å². The summed E-state index contributed by atoms with van der Waals surface area (Å²) in [6, 6.07) is 0. The van der Waals surface area contributed by atoms with Crippen molar-refractivity contribution in [1.82, 2.24) is 9.88 Å². The van der Waals surface area contributed by atoms with Crippen LogP contribution in [0.5, 0.6) is 0 Å². The van der Waals surface area contributed by atoms with E-state index in [1.807, 2.05) is 6.20 Å². The Balaban J connectivity index is 1.89. The molecule has 0 radical (unpaired) electrons. The van der Waals surface area contributed by atoms with Gasteiger partial charge in [-0.05, 0) is 0 Å². The van der Waals surface area contributed by atoms with Crippen LogP contribution in [0, 0.1) is 0 Å². The molecule has 0 atom stereocenters. The minimum absolute atomic E-state index is 0.772. The van der Waals surface area contributed by atoms with Crippen LogP contribution >= 0.6 is 11.3 Å². The fraction of sp³-hybridized carbons (Fsp3) is 0.625. The summed E-state index contributed by atoms with van der Waals surface area (Å²) in [5.41, 5.74) is 2.55. The third kappa shape index (κ3) is 2.42. The summed E-state index contributed by atoms with van der Waals surface area (Å²) in [7, 11) is 0. The Bertz CT molecular complexity index is 285. The highest BCUT2D eigenvalue weighted by molar-refractivity contribution is 7.15. The molecular formula is C8H14N4OS. The van der Waals surface area contributed by atoms with Gasteiger partial charge in [0.25, 0.3) is 0 Å². The quantitative estimate of drug-likeness (QED) is 0.558. The first-order chi connectivity index (χ1) is 6.88. The summed E-state index contributed by atoms with van der Waals surface area (Å²) in [6.07, 6.45) is 1.87. The molecule has 2 rings (SSSR count). The molecule has 5 nitrogen and oxygen atoms in total. The van der Waals surface area contributed by atoms with Gasteiger partial charge in [-0.25, -0.2) is 10.8 Å². The van der Waals surface area contributed by atoms with E-state index in [4.69, 9.17) is 10.6 Å². The Hall–Kier alpha value is -0.690. The highest BCUT2D eigenvalue weighted by atomic mass is 32.1. The average Bonchev–Trinajstić information content (AvgIpc) is 2.67. The zero-order valence-corrected chi connectivity index (χ0v) is 8.72. The van der Waals surface area contributed by atoms with Crippen molar-refractivity contribution in [3.63, 3.8) is 0 Å². The van der Waals surface area contributed by atoms with Crippen LogP contribution in [-0.2, 0) is 11.3 Å². The first-order valence-corrected chi connectivity index (χ1v) is 5.41. The molecule has 0 unspecified atom stereocenters. The Morgan fingerprint density at radius 1 is 1.57 bits per heavy atom. The summed E-state index contributed by atoms with van der Waals surface area (Å²) < 4.78 is 5.28. The maximum absolute atomic E-state index is 5.28. The molecule has 1 aromatic rings. The predicted molar refractivity (Wildman–Crippen MR) is 56.0 cm³/mol. The number of ether oxygens (including phenoxy) is 1. The number of aromatic nitrogens is 1. The number of hydrogen-bond acceptors (Lipinski definition) is 6. The number of nitrogens with one attached hydrogen (secondary N) is 1. The van der Waals surface area contributed by atoms with Gasteiger partial charge in [0, 0.05) is 30.7 Å². The number of nitrogen functional groups attached to an aromatic ring is 1. The Labute approximate surface area is 86.8 Å². The van der Waals surface area contributed by atoms with Gasteiger partial charge in [-0.2, -0.15) is 0 Å². The smallest absolute Gasteiger partial charge is 0.197 e. The summed E-state index contributed by atoms with van der Waals surface area (Å²) in [6.45, 7) is 4.62. The molecule has 0 bridgehead atoms. The van der Waals surface area contributed by atoms with E-state index in [2.05, 4.69) is 15.3 Å². The molecule has 0 aliphatic carbocycles. The van der Waals surface area contributed by atoms with Crippen LogP contribution in [0.4, 0.5) is 5.13 Å². The summed E-state index contributed by atoms with van der Waals surface area (Å²) >= 11 is 1.60. The van der Waals surface area contributed by atoms with Crippen molar-refractivity contribution in [3.8, 4) is 0 Å². The van der Waals surface area contributed by atoms with Gasteiger partial charge in [0.15, 0.2) is 5.13 Å². The van der Waals surface area contributed by atoms with Crippen molar-refractivity contribution < 1.29 is 4.74 Å². The number of thiazole rings is 1. The normalized spacial score (nSPS) is 18.4. The van der Waals surface area contributed by atoms with Crippen LogP contribution in [0.1, 0.15) is 4.88 Å². The molecule has 2 heterocycles. The molecule has 1 saturated heterocycles. The molecule has 1 aromatic heterocycles. The van der Waals surface area contributed by atoms with Crippen molar-refractivity contribution in [2.24, 2.45) is 5.84 Å². The van der Waals surface area contributed by atoms with Gasteiger partial charge < -0.3 is 4.74 Å². The molecule has 0 spiro atoms. The average molecular weight is 214 g/mol. The Morgan fingerprint density at radius 2 is 2.36 bits per heavy atom. The molecule has 78 valence electrons. The van der Waals surface area contributed by atoms with E-state index in [-0.39, 0.29) is 0 Å². The van der Waals surface area contributed by atoms with Gasteiger partial charge in [0.1, 0.15) is 0 Å². The number of morpholine rings is 1. The molecule has 3 N–H and O–H groups in total. The molecule has 14 heavy (non-hydrogen) atoms. The standard InChI is InChI=1S/C8H14N4OS/c9-11-8-10-5-7(14-8)6-12-1-3-13-4-2-12/h5H,1-4,6,9H2,(H,10,11). The minimum atomic E-state index is 0.772. The minimum Gasteiger partial charge on any atom is -0.379 e. The van der Waals surface area contributed by atoms with Gasteiger partial charge in [-0.1, -0.05) is 11.3 Å². The summed E-state index contributed by atoms with van der Waals surface area (Å²) in [4.78, 5) is 7.72. The molecular weight excluding hydrogens is 200 g/mol. The van der Waals surface area contributed by atoms with Crippen LogP contribution in [0.2, 0.25) is 0 Å². The molecule has 0 amide bonds. The van der Waals surface area contributed by atoms with E-state index in [0.717, 1.165) is 38.0 Å². The van der Waals surface area contributed by atoms with E-state index in [0.29, 0.717) is 0 Å². The highest BCUT2D eigenvalue weighted by Crippen LogP contribution is 2.18.